The van der Waals surface area contributed by atoms with Gasteiger partial charge in [-0.1, -0.05) is 31.9 Å². The molecule has 0 aliphatic heterocycles. The molecule has 0 spiro atoms. The van der Waals surface area contributed by atoms with Gasteiger partial charge in [0.05, 0.1) is 13.2 Å². The van der Waals surface area contributed by atoms with E-state index in [1.165, 1.54) is 0 Å². The fourth-order valence-electron chi connectivity index (χ4n) is 0.787. The SMILES string of the molecule is CC(C)(OCCCBr)OCCCBr. The Morgan fingerprint density at radius 2 is 1.31 bits per heavy atom. The highest BCUT2D eigenvalue weighted by molar-refractivity contribution is 9.09. The molecular formula is C9H18Br2O2. The van der Waals surface area contributed by atoms with E-state index in [4.69, 9.17) is 9.47 Å². The van der Waals surface area contributed by atoms with Gasteiger partial charge in [0.15, 0.2) is 5.79 Å². The summed E-state index contributed by atoms with van der Waals surface area (Å²) in [6.45, 7) is 5.39. The van der Waals surface area contributed by atoms with Crippen LogP contribution in [0.3, 0.4) is 0 Å². The summed E-state index contributed by atoms with van der Waals surface area (Å²) >= 11 is 6.71. The molecule has 4 heteroatoms. The fourth-order valence-corrected chi connectivity index (χ4v) is 1.24. The molecule has 80 valence electrons. The van der Waals surface area contributed by atoms with Crippen molar-refractivity contribution in [2.75, 3.05) is 23.9 Å². The van der Waals surface area contributed by atoms with Crippen LogP contribution in [0.4, 0.5) is 0 Å². The van der Waals surface area contributed by atoms with E-state index in [2.05, 4.69) is 31.9 Å². The van der Waals surface area contributed by atoms with Crippen LogP contribution in [0.15, 0.2) is 0 Å². The minimum atomic E-state index is -0.440. The van der Waals surface area contributed by atoms with Gasteiger partial charge in [-0.15, -0.1) is 0 Å². The summed E-state index contributed by atoms with van der Waals surface area (Å²) in [4.78, 5) is 0. The third kappa shape index (κ3) is 9.19. The van der Waals surface area contributed by atoms with Gasteiger partial charge < -0.3 is 9.47 Å². The molecule has 0 N–H and O–H groups in total. The summed E-state index contributed by atoms with van der Waals surface area (Å²) in [5.74, 6) is -0.440. The molecule has 0 atom stereocenters. The Bertz CT molecular complexity index is 106. The quantitative estimate of drug-likeness (QED) is 0.388. The van der Waals surface area contributed by atoms with Crippen LogP contribution in [0, 0.1) is 0 Å². The van der Waals surface area contributed by atoms with E-state index < -0.39 is 5.79 Å². The third-order valence-electron chi connectivity index (χ3n) is 1.46. The molecule has 0 aromatic carbocycles. The predicted molar refractivity (Wildman–Crippen MR) is 62.8 cm³/mol. The topological polar surface area (TPSA) is 18.5 Å². The number of hydrogen-bond acceptors (Lipinski definition) is 2. The van der Waals surface area contributed by atoms with Gasteiger partial charge in [0.25, 0.3) is 0 Å². The monoisotopic (exact) mass is 316 g/mol. The number of halogens is 2. The van der Waals surface area contributed by atoms with E-state index in [1.54, 1.807) is 0 Å². The Balaban J connectivity index is 3.42. The molecule has 0 aliphatic carbocycles. The van der Waals surface area contributed by atoms with Crippen molar-refractivity contribution < 1.29 is 9.47 Å². The smallest absolute Gasteiger partial charge is 0.162 e. The molecule has 0 radical (unpaired) electrons. The molecule has 0 rings (SSSR count). The van der Waals surface area contributed by atoms with Gasteiger partial charge in [-0.3, -0.25) is 0 Å². The Morgan fingerprint density at radius 1 is 0.923 bits per heavy atom. The highest BCUT2D eigenvalue weighted by Gasteiger charge is 2.17. The van der Waals surface area contributed by atoms with Gasteiger partial charge >= 0.3 is 0 Å². The van der Waals surface area contributed by atoms with E-state index in [1.807, 2.05) is 13.8 Å². The standard InChI is InChI=1S/C9H18Br2O2/c1-9(2,12-7-3-5-10)13-8-4-6-11/h3-8H2,1-2H3. The summed E-state index contributed by atoms with van der Waals surface area (Å²) in [6, 6.07) is 0. The van der Waals surface area contributed by atoms with Crippen LogP contribution in [0.5, 0.6) is 0 Å². The third-order valence-corrected chi connectivity index (χ3v) is 2.58. The first-order valence-electron chi connectivity index (χ1n) is 4.52. The molecule has 0 unspecified atom stereocenters. The first kappa shape index (κ1) is 13.9. The summed E-state index contributed by atoms with van der Waals surface area (Å²) in [5, 5.41) is 1.95. The molecule has 2 nitrogen and oxygen atoms in total. The minimum absolute atomic E-state index is 0.440. The Kier molecular flexibility index (Phi) is 8.77. The van der Waals surface area contributed by atoms with Gasteiger partial charge in [-0.2, -0.15) is 0 Å². The van der Waals surface area contributed by atoms with Gasteiger partial charge in [0, 0.05) is 10.7 Å². The highest BCUT2D eigenvalue weighted by Crippen LogP contribution is 2.12. The average Bonchev–Trinajstić information content (AvgIpc) is 2.05. The van der Waals surface area contributed by atoms with Crippen molar-refractivity contribution in [3.63, 3.8) is 0 Å². The second kappa shape index (κ2) is 8.21. The van der Waals surface area contributed by atoms with E-state index in [0.29, 0.717) is 0 Å². The van der Waals surface area contributed by atoms with Crippen molar-refractivity contribution in [1.29, 1.82) is 0 Å². The lowest BCUT2D eigenvalue weighted by Gasteiger charge is -2.25. The Hall–Kier alpha value is 0.880. The summed E-state index contributed by atoms with van der Waals surface area (Å²) in [6.07, 6.45) is 2.04. The lowest BCUT2D eigenvalue weighted by Crippen LogP contribution is -2.29. The van der Waals surface area contributed by atoms with Crippen molar-refractivity contribution >= 4 is 31.9 Å². The van der Waals surface area contributed by atoms with Crippen molar-refractivity contribution in [2.24, 2.45) is 0 Å². The van der Waals surface area contributed by atoms with Crippen LogP contribution in [-0.2, 0) is 9.47 Å². The van der Waals surface area contributed by atoms with Crippen LogP contribution >= 0.6 is 31.9 Å². The normalized spacial score (nSPS) is 12.0. The number of alkyl halides is 2. The molecule has 0 bridgehead atoms. The number of hydrogen-bond donors (Lipinski definition) is 0. The molecule has 0 fully saturated rings. The molecule has 13 heavy (non-hydrogen) atoms. The maximum atomic E-state index is 5.55. The zero-order valence-electron chi connectivity index (χ0n) is 8.32. The molecule has 0 aromatic heterocycles. The molecule has 0 saturated carbocycles. The van der Waals surface area contributed by atoms with Gasteiger partial charge in [0.2, 0.25) is 0 Å². The first-order chi connectivity index (χ1) is 6.12. The lowest BCUT2D eigenvalue weighted by molar-refractivity contribution is -0.212. The predicted octanol–water partition coefficient (Wildman–Crippen LogP) is 3.33. The van der Waals surface area contributed by atoms with Gasteiger partial charge in [-0.05, 0) is 26.7 Å². The van der Waals surface area contributed by atoms with Crippen molar-refractivity contribution in [3.05, 3.63) is 0 Å². The maximum Gasteiger partial charge on any atom is 0.162 e. The van der Waals surface area contributed by atoms with Crippen molar-refractivity contribution in [1.82, 2.24) is 0 Å². The largest absolute Gasteiger partial charge is 0.351 e. The molecule has 0 aromatic rings. The van der Waals surface area contributed by atoms with Crippen LogP contribution < -0.4 is 0 Å². The zero-order valence-corrected chi connectivity index (χ0v) is 11.5. The zero-order chi connectivity index (χ0) is 10.2. The van der Waals surface area contributed by atoms with Crippen molar-refractivity contribution in [3.8, 4) is 0 Å². The van der Waals surface area contributed by atoms with Crippen LogP contribution in [-0.4, -0.2) is 29.7 Å². The van der Waals surface area contributed by atoms with E-state index in [0.717, 1.165) is 36.7 Å². The lowest BCUT2D eigenvalue weighted by atomic mass is 10.3. The van der Waals surface area contributed by atoms with Crippen LogP contribution in [0.2, 0.25) is 0 Å². The van der Waals surface area contributed by atoms with E-state index in [9.17, 15) is 0 Å². The second-order valence-corrected chi connectivity index (χ2v) is 4.77. The molecule has 0 saturated heterocycles. The summed E-state index contributed by atoms with van der Waals surface area (Å²) in [5.41, 5.74) is 0. The number of rotatable bonds is 8. The Morgan fingerprint density at radius 3 is 1.62 bits per heavy atom. The Labute approximate surface area is 97.6 Å². The minimum Gasteiger partial charge on any atom is -0.351 e. The van der Waals surface area contributed by atoms with Crippen molar-refractivity contribution in [2.45, 2.75) is 32.5 Å². The average molecular weight is 318 g/mol. The van der Waals surface area contributed by atoms with Crippen LogP contribution in [0.1, 0.15) is 26.7 Å². The van der Waals surface area contributed by atoms with Gasteiger partial charge in [0.1, 0.15) is 0 Å². The molecule has 0 heterocycles. The molecule has 0 aliphatic rings. The fraction of sp³-hybridized carbons (Fsp3) is 1.00. The molecular weight excluding hydrogens is 300 g/mol. The second-order valence-electron chi connectivity index (χ2n) is 3.18. The summed E-state index contributed by atoms with van der Waals surface area (Å²) in [7, 11) is 0. The van der Waals surface area contributed by atoms with Gasteiger partial charge in [-0.25, -0.2) is 0 Å². The molecule has 0 amide bonds. The van der Waals surface area contributed by atoms with Crippen LogP contribution in [0.25, 0.3) is 0 Å². The van der Waals surface area contributed by atoms with E-state index in [-0.39, 0.29) is 0 Å². The number of ether oxygens (including phenoxy) is 2. The maximum absolute atomic E-state index is 5.55. The summed E-state index contributed by atoms with van der Waals surface area (Å²) < 4.78 is 11.1. The van der Waals surface area contributed by atoms with E-state index >= 15 is 0 Å². The first-order valence-corrected chi connectivity index (χ1v) is 6.76. The highest BCUT2D eigenvalue weighted by atomic mass is 79.9.